The third kappa shape index (κ3) is 3.38. The molecule has 0 aliphatic carbocycles. The van der Waals surface area contributed by atoms with Crippen LogP contribution >= 0.6 is 0 Å². The smallest absolute Gasteiger partial charge is 0.237 e. The number of hydrogen-bond acceptors (Lipinski definition) is 6. The molecule has 1 N–H and O–H groups in total. The van der Waals surface area contributed by atoms with Crippen molar-refractivity contribution in [3.63, 3.8) is 0 Å². The van der Waals surface area contributed by atoms with Crippen molar-refractivity contribution in [2.24, 2.45) is 0 Å². The third-order valence-electron chi connectivity index (χ3n) is 5.31. The molecule has 8 heteroatoms. The van der Waals surface area contributed by atoms with Crippen LogP contribution in [0.4, 0.5) is 0 Å². The summed E-state index contributed by atoms with van der Waals surface area (Å²) in [6.07, 6.45) is 0. The molecular weight excluding hydrogens is 346 g/mol. The molecule has 0 atom stereocenters. The summed E-state index contributed by atoms with van der Waals surface area (Å²) in [5.74, 6) is 1.69. The first-order valence-corrected chi connectivity index (χ1v) is 9.39. The summed E-state index contributed by atoms with van der Waals surface area (Å²) in [4.78, 5) is 16.7. The molecule has 0 unspecified atom stereocenters. The van der Waals surface area contributed by atoms with E-state index in [2.05, 4.69) is 26.1 Å². The Morgan fingerprint density at radius 1 is 1.07 bits per heavy atom. The van der Waals surface area contributed by atoms with E-state index >= 15 is 0 Å². The molecule has 1 aromatic carbocycles. The van der Waals surface area contributed by atoms with Gasteiger partial charge in [-0.3, -0.25) is 14.4 Å². The molecule has 3 aliphatic heterocycles. The van der Waals surface area contributed by atoms with E-state index in [1.165, 1.54) is 5.69 Å². The Morgan fingerprint density at radius 2 is 2.00 bits per heavy atom. The summed E-state index contributed by atoms with van der Waals surface area (Å²) in [5, 5.41) is 8.03. The molecule has 3 aliphatic rings. The second-order valence-corrected chi connectivity index (χ2v) is 7.24. The lowest BCUT2D eigenvalue weighted by atomic mass is 10.1. The van der Waals surface area contributed by atoms with Gasteiger partial charge in [0.1, 0.15) is 0 Å². The van der Waals surface area contributed by atoms with Gasteiger partial charge in [0.05, 0.1) is 24.5 Å². The zero-order valence-corrected chi connectivity index (χ0v) is 15.2. The van der Waals surface area contributed by atoms with Crippen LogP contribution in [0.25, 0.3) is 0 Å². The van der Waals surface area contributed by atoms with Crippen LogP contribution in [0, 0.1) is 0 Å². The van der Waals surface area contributed by atoms with Crippen molar-refractivity contribution in [2.75, 3.05) is 33.0 Å². The molecule has 1 fully saturated rings. The molecule has 1 aromatic heterocycles. The minimum absolute atomic E-state index is 0.157. The minimum Gasteiger partial charge on any atom is -0.454 e. The van der Waals surface area contributed by atoms with Crippen LogP contribution in [-0.4, -0.2) is 58.5 Å². The number of amides is 1. The molecule has 0 spiro atoms. The number of piperazine rings is 1. The molecule has 0 radical (unpaired) electrons. The Balaban J connectivity index is 1.19. The highest BCUT2D eigenvalue weighted by Crippen LogP contribution is 2.32. The topological polar surface area (TPSA) is 71.9 Å². The van der Waals surface area contributed by atoms with Gasteiger partial charge >= 0.3 is 0 Å². The normalized spacial score (nSPS) is 19.4. The van der Waals surface area contributed by atoms with E-state index in [1.807, 2.05) is 23.1 Å². The molecule has 1 saturated heterocycles. The van der Waals surface area contributed by atoms with Crippen LogP contribution < -0.4 is 14.8 Å². The summed E-state index contributed by atoms with van der Waals surface area (Å²) >= 11 is 0. The van der Waals surface area contributed by atoms with Crippen LogP contribution in [-0.2, 0) is 31.0 Å². The molecule has 4 heterocycles. The Bertz CT molecular complexity index is 842. The largest absolute Gasteiger partial charge is 0.454 e. The van der Waals surface area contributed by atoms with Gasteiger partial charge in [0, 0.05) is 39.3 Å². The van der Waals surface area contributed by atoms with Crippen LogP contribution in [0.1, 0.15) is 17.0 Å². The van der Waals surface area contributed by atoms with Crippen LogP contribution in [0.5, 0.6) is 11.5 Å². The fraction of sp³-hybridized carbons (Fsp3) is 0.474. The average molecular weight is 369 g/mol. The number of carbonyl (C=O) groups excluding carboxylic acids is 1. The second-order valence-electron chi connectivity index (χ2n) is 7.24. The number of carbonyl (C=O) groups is 1. The van der Waals surface area contributed by atoms with Crippen molar-refractivity contribution >= 4 is 5.91 Å². The summed E-state index contributed by atoms with van der Waals surface area (Å²) in [6, 6.07) is 8.02. The molecule has 142 valence electrons. The number of hydrogen-bond donors (Lipinski definition) is 1. The standard InChI is InChI=1S/C19H23N5O3/c25-19-12-22(11-15-8-16-9-20-3-4-24(16)21-15)5-6-23(19)10-14-1-2-17-18(7-14)27-13-26-17/h1-2,7-8,20H,3-6,9-13H2. The zero-order valence-electron chi connectivity index (χ0n) is 15.2. The maximum atomic E-state index is 12.6. The molecule has 2 aromatic rings. The lowest BCUT2D eigenvalue weighted by molar-refractivity contribution is -0.136. The van der Waals surface area contributed by atoms with Crippen molar-refractivity contribution < 1.29 is 14.3 Å². The number of nitrogens with one attached hydrogen (secondary N) is 1. The van der Waals surface area contributed by atoms with E-state index in [0.29, 0.717) is 13.1 Å². The van der Waals surface area contributed by atoms with E-state index in [-0.39, 0.29) is 12.7 Å². The predicted molar refractivity (Wildman–Crippen MR) is 97.2 cm³/mol. The lowest BCUT2D eigenvalue weighted by Gasteiger charge is -2.34. The molecular formula is C19H23N5O3. The van der Waals surface area contributed by atoms with Gasteiger partial charge in [-0.15, -0.1) is 0 Å². The molecule has 8 nitrogen and oxygen atoms in total. The highest BCUT2D eigenvalue weighted by molar-refractivity contribution is 5.79. The number of fused-ring (bicyclic) bond motifs is 2. The maximum Gasteiger partial charge on any atom is 0.237 e. The van der Waals surface area contributed by atoms with Crippen molar-refractivity contribution in [2.45, 2.75) is 26.2 Å². The average Bonchev–Trinajstić information content (AvgIpc) is 3.29. The van der Waals surface area contributed by atoms with Crippen LogP contribution in [0.3, 0.4) is 0 Å². The predicted octanol–water partition coefficient (Wildman–Crippen LogP) is 0.559. The van der Waals surface area contributed by atoms with Crippen molar-refractivity contribution in [1.82, 2.24) is 24.9 Å². The fourth-order valence-electron chi connectivity index (χ4n) is 3.88. The summed E-state index contributed by atoms with van der Waals surface area (Å²) < 4.78 is 12.8. The van der Waals surface area contributed by atoms with E-state index in [1.54, 1.807) is 0 Å². The first kappa shape index (κ1) is 16.6. The Kier molecular flexibility index (Phi) is 4.21. The second kappa shape index (κ2) is 6.86. The Morgan fingerprint density at radius 3 is 2.89 bits per heavy atom. The lowest BCUT2D eigenvalue weighted by Crippen LogP contribution is -2.49. The van der Waals surface area contributed by atoms with Gasteiger partial charge in [0.15, 0.2) is 11.5 Å². The van der Waals surface area contributed by atoms with Gasteiger partial charge in [-0.25, -0.2) is 0 Å². The van der Waals surface area contributed by atoms with Crippen LogP contribution in [0.2, 0.25) is 0 Å². The number of aromatic nitrogens is 2. The van der Waals surface area contributed by atoms with Crippen molar-refractivity contribution in [3.8, 4) is 11.5 Å². The quantitative estimate of drug-likeness (QED) is 0.849. The monoisotopic (exact) mass is 369 g/mol. The highest BCUT2D eigenvalue weighted by Gasteiger charge is 2.25. The molecule has 0 saturated carbocycles. The fourth-order valence-corrected chi connectivity index (χ4v) is 3.88. The van der Waals surface area contributed by atoms with Gasteiger partial charge in [0.25, 0.3) is 0 Å². The number of rotatable bonds is 4. The van der Waals surface area contributed by atoms with E-state index in [4.69, 9.17) is 9.47 Å². The van der Waals surface area contributed by atoms with Gasteiger partial charge in [-0.1, -0.05) is 6.07 Å². The number of nitrogens with zero attached hydrogens (tertiary/aromatic N) is 4. The summed E-state index contributed by atoms with van der Waals surface area (Å²) in [6.45, 7) is 6.36. The number of ether oxygens (including phenoxy) is 2. The zero-order chi connectivity index (χ0) is 18.2. The van der Waals surface area contributed by atoms with E-state index < -0.39 is 0 Å². The van der Waals surface area contributed by atoms with Crippen molar-refractivity contribution in [3.05, 3.63) is 41.2 Å². The molecule has 27 heavy (non-hydrogen) atoms. The van der Waals surface area contributed by atoms with Gasteiger partial charge in [-0.05, 0) is 23.8 Å². The molecule has 1 amide bonds. The van der Waals surface area contributed by atoms with Gasteiger partial charge < -0.3 is 19.7 Å². The minimum atomic E-state index is 0.157. The SMILES string of the molecule is O=C1CN(Cc2cc3n(n2)CCNC3)CCN1Cc1ccc2c(c1)OCO2. The highest BCUT2D eigenvalue weighted by atomic mass is 16.7. The Hall–Kier alpha value is -2.58. The first-order chi connectivity index (χ1) is 13.2. The maximum absolute atomic E-state index is 12.6. The third-order valence-corrected chi connectivity index (χ3v) is 5.31. The van der Waals surface area contributed by atoms with Crippen LogP contribution in [0.15, 0.2) is 24.3 Å². The van der Waals surface area contributed by atoms with Gasteiger partial charge in [-0.2, -0.15) is 5.10 Å². The van der Waals surface area contributed by atoms with Crippen molar-refractivity contribution in [1.29, 1.82) is 0 Å². The van der Waals surface area contributed by atoms with Gasteiger partial charge in [0.2, 0.25) is 12.7 Å². The molecule has 5 rings (SSSR count). The first-order valence-electron chi connectivity index (χ1n) is 9.39. The van der Waals surface area contributed by atoms with E-state index in [9.17, 15) is 4.79 Å². The molecule has 0 bridgehead atoms. The number of benzene rings is 1. The Labute approximate surface area is 157 Å². The van der Waals surface area contributed by atoms with E-state index in [0.717, 1.165) is 62.0 Å². The summed E-state index contributed by atoms with van der Waals surface area (Å²) in [7, 11) is 0. The summed E-state index contributed by atoms with van der Waals surface area (Å²) in [5.41, 5.74) is 3.34.